The van der Waals surface area contributed by atoms with Crippen LogP contribution in [0.25, 0.3) is 0 Å². The van der Waals surface area contributed by atoms with Gasteiger partial charge in [0.05, 0.1) is 11.2 Å². The third-order valence-electron chi connectivity index (χ3n) is 2.99. The first-order chi connectivity index (χ1) is 9.05. The predicted molar refractivity (Wildman–Crippen MR) is 82.8 cm³/mol. The summed E-state index contributed by atoms with van der Waals surface area (Å²) in [7, 11) is 0. The Morgan fingerprint density at radius 2 is 1.90 bits per heavy atom. The van der Waals surface area contributed by atoms with Crippen LogP contribution in [0.5, 0.6) is 0 Å². The fourth-order valence-electron chi connectivity index (χ4n) is 1.82. The Morgan fingerprint density at radius 1 is 1.30 bits per heavy atom. The number of nitrogens with zero attached hydrogens (tertiary/aromatic N) is 2. The lowest BCUT2D eigenvalue weighted by molar-refractivity contribution is -0.116. The van der Waals surface area contributed by atoms with Crippen molar-refractivity contribution in [3.63, 3.8) is 0 Å². The lowest BCUT2D eigenvalue weighted by atomic mass is 9.92. The van der Waals surface area contributed by atoms with Crippen molar-refractivity contribution in [1.82, 2.24) is 9.78 Å². The topological polar surface area (TPSA) is 72.9 Å². The summed E-state index contributed by atoms with van der Waals surface area (Å²) in [6.07, 6.45) is 1.14. The van der Waals surface area contributed by atoms with Crippen LogP contribution in [-0.2, 0) is 15.7 Å². The van der Waals surface area contributed by atoms with Crippen LogP contribution in [0, 0.1) is 0 Å². The summed E-state index contributed by atoms with van der Waals surface area (Å²) in [6.45, 7) is 13.1. The minimum atomic E-state index is -0.181. The molecule has 1 amide bonds. The van der Waals surface area contributed by atoms with Crippen LogP contribution in [0.1, 0.15) is 60.1 Å². The molecule has 0 fully saturated rings. The number of nitrogens with one attached hydrogen (secondary N) is 1. The van der Waals surface area contributed by atoms with Gasteiger partial charge in [-0.05, 0) is 33.7 Å². The highest BCUT2D eigenvalue weighted by molar-refractivity contribution is 5.89. The van der Waals surface area contributed by atoms with E-state index in [0.29, 0.717) is 19.4 Å². The molecule has 114 valence electrons. The number of hydrogen-bond donors (Lipinski definition) is 2. The van der Waals surface area contributed by atoms with E-state index in [1.54, 1.807) is 0 Å². The monoisotopic (exact) mass is 280 g/mol. The molecule has 20 heavy (non-hydrogen) atoms. The van der Waals surface area contributed by atoms with Gasteiger partial charge in [0, 0.05) is 17.9 Å². The molecule has 1 heterocycles. The van der Waals surface area contributed by atoms with Gasteiger partial charge in [-0.2, -0.15) is 5.10 Å². The summed E-state index contributed by atoms with van der Waals surface area (Å²) in [6, 6.07) is 1.96. The third-order valence-corrected chi connectivity index (χ3v) is 2.99. The Bertz CT molecular complexity index is 463. The first-order valence-electron chi connectivity index (χ1n) is 7.16. The van der Waals surface area contributed by atoms with Gasteiger partial charge in [-0.15, -0.1) is 0 Å². The van der Waals surface area contributed by atoms with Gasteiger partial charge >= 0.3 is 0 Å². The third kappa shape index (κ3) is 4.34. The lowest BCUT2D eigenvalue weighted by Gasteiger charge is -2.23. The molecule has 3 N–H and O–H groups in total. The molecule has 0 unspecified atom stereocenters. The molecule has 0 aliphatic carbocycles. The molecule has 1 aromatic heterocycles. The number of rotatable bonds is 4. The standard InChI is InChI=1S/C15H28N4O/c1-14(2,3)11-10-12(17-13(20)8-7-9-16)19(18-11)15(4,5)6/h10H,7-9,16H2,1-6H3,(H,17,20). The van der Waals surface area contributed by atoms with Crippen LogP contribution in [0.4, 0.5) is 5.82 Å². The molecule has 5 nitrogen and oxygen atoms in total. The van der Waals surface area contributed by atoms with Gasteiger partial charge in [-0.3, -0.25) is 4.79 Å². The van der Waals surface area contributed by atoms with Crippen molar-refractivity contribution in [1.29, 1.82) is 0 Å². The highest BCUT2D eigenvalue weighted by atomic mass is 16.1. The molecule has 0 aliphatic rings. The van der Waals surface area contributed by atoms with Gasteiger partial charge in [0.25, 0.3) is 0 Å². The molecule has 0 aromatic carbocycles. The summed E-state index contributed by atoms with van der Waals surface area (Å²) >= 11 is 0. The molecule has 1 rings (SSSR count). The highest BCUT2D eigenvalue weighted by Gasteiger charge is 2.25. The molecule has 1 aromatic rings. The summed E-state index contributed by atoms with van der Waals surface area (Å²) in [5, 5.41) is 7.61. The van der Waals surface area contributed by atoms with Crippen LogP contribution < -0.4 is 11.1 Å². The van der Waals surface area contributed by atoms with Gasteiger partial charge in [-0.25, -0.2) is 4.68 Å². The molecule has 0 atom stereocenters. The van der Waals surface area contributed by atoms with E-state index >= 15 is 0 Å². The summed E-state index contributed by atoms with van der Waals surface area (Å²) in [5.74, 6) is 0.741. The minimum absolute atomic E-state index is 0.0127. The molecule has 0 saturated heterocycles. The van der Waals surface area contributed by atoms with E-state index in [0.717, 1.165) is 11.5 Å². The van der Waals surface area contributed by atoms with E-state index in [4.69, 9.17) is 5.73 Å². The Morgan fingerprint density at radius 3 is 2.35 bits per heavy atom. The largest absolute Gasteiger partial charge is 0.330 e. The van der Waals surface area contributed by atoms with Crippen LogP contribution in [-0.4, -0.2) is 22.2 Å². The summed E-state index contributed by atoms with van der Waals surface area (Å²) in [5.41, 5.74) is 6.18. The molecule has 0 spiro atoms. The van der Waals surface area contributed by atoms with Crippen LogP contribution in [0.3, 0.4) is 0 Å². The van der Waals surface area contributed by atoms with Crippen LogP contribution in [0.15, 0.2) is 6.07 Å². The summed E-state index contributed by atoms with van der Waals surface area (Å²) < 4.78 is 1.88. The van der Waals surface area contributed by atoms with Crippen molar-refractivity contribution >= 4 is 11.7 Å². The molecule has 0 aliphatic heterocycles. The Labute approximate surface area is 121 Å². The number of amides is 1. The molecule has 0 saturated carbocycles. The van der Waals surface area contributed by atoms with E-state index in [1.807, 2.05) is 10.7 Å². The van der Waals surface area contributed by atoms with Gasteiger partial charge in [0.2, 0.25) is 5.91 Å². The van der Waals surface area contributed by atoms with Crippen molar-refractivity contribution in [2.75, 3.05) is 11.9 Å². The molecule has 5 heteroatoms. The lowest BCUT2D eigenvalue weighted by Crippen LogP contribution is -2.27. The Kier molecular flexibility index (Phi) is 4.97. The number of nitrogens with two attached hydrogens (primary N) is 1. The normalized spacial score (nSPS) is 12.6. The SMILES string of the molecule is CC(C)(C)c1cc(NC(=O)CCCN)n(C(C)(C)C)n1. The van der Waals surface area contributed by atoms with Crippen molar-refractivity contribution in [3.05, 3.63) is 11.8 Å². The van der Waals surface area contributed by atoms with Gasteiger partial charge in [0.1, 0.15) is 5.82 Å². The quantitative estimate of drug-likeness (QED) is 0.890. The zero-order valence-corrected chi connectivity index (χ0v) is 13.6. The second kappa shape index (κ2) is 5.95. The summed E-state index contributed by atoms with van der Waals surface area (Å²) in [4.78, 5) is 11.9. The number of hydrogen-bond acceptors (Lipinski definition) is 3. The zero-order chi connectivity index (χ0) is 15.6. The second-order valence-corrected chi connectivity index (χ2v) is 7.19. The first-order valence-corrected chi connectivity index (χ1v) is 7.16. The maximum atomic E-state index is 11.9. The Balaban J connectivity index is 3.04. The van der Waals surface area contributed by atoms with Gasteiger partial charge in [-0.1, -0.05) is 20.8 Å². The average molecular weight is 280 g/mol. The average Bonchev–Trinajstić information content (AvgIpc) is 2.69. The molecule has 0 bridgehead atoms. The maximum absolute atomic E-state index is 11.9. The van der Waals surface area contributed by atoms with E-state index < -0.39 is 0 Å². The van der Waals surface area contributed by atoms with Crippen molar-refractivity contribution in [3.8, 4) is 0 Å². The smallest absolute Gasteiger partial charge is 0.225 e. The number of aromatic nitrogens is 2. The van der Waals surface area contributed by atoms with Gasteiger partial charge < -0.3 is 11.1 Å². The fourth-order valence-corrected chi connectivity index (χ4v) is 1.82. The zero-order valence-electron chi connectivity index (χ0n) is 13.6. The first kappa shape index (κ1) is 16.7. The number of carbonyl (C=O) groups is 1. The van der Waals surface area contributed by atoms with Crippen molar-refractivity contribution < 1.29 is 4.79 Å². The van der Waals surface area contributed by atoms with E-state index in [1.165, 1.54) is 0 Å². The molecule has 0 radical (unpaired) electrons. The molecular weight excluding hydrogens is 252 g/mol. The molecular formula is C15H28N4O. The van der Waals surface area contributed by atoms with Gasteiger partial charge in [0.15, 0.2) is 0 Å². The maximum Gasteiger partial charge on any atom is 0.225 e. The van der Waals surface area contributed by atoms with E-state index in [-0.39, 0.29) is 16.9 Å². The highest BCUT2D eigenvalue weighted by Crippen LogP contribution is 2.28. The fraction of sp³-hybridized carbons (Fsp3) is 0.733. The minimum Gasteiger partial charge on any atom is -0.330 e. The van der Waals surface area contributed by atoms with E-state index in [2.05, 4.69) is 52.0 Å². The Hall–Kier alpha value is -1.36. The second-order valence-electron chi connectivity index (χ2n) is 7.19. The van der Waals surface area contributed by atoms with E-state index in [9.17, 15) is 4.79 Å². The van der Waals surface area contributed by atoms with Crippen molar-refractivity contribution in [2.24, 2.45) is 5.73 Å². The van der Waals surface area contributed by atoms with Crippen LogP contribution in [0.2, 0.25) is 0 Å². The van der Waals surface area contributed by atoms with Crippen LogP contribution >= 0.6 is 0 Å². The van der Waals surface area contributed by atoms with Crippen molar-refractivity contribution in [2.45, 2.75) is 65.3 Å². The number of carbonyl (C=O) groups excluding carboxylic acids is 1. The number of anilines is 1. The predicted octanol–water partition coefficient (Wildman–Crippen LogP) is 2.61.